The molecule has 0 aliphatic carbocycles. The van der Waals surface area contributed by atoms with Gasteiger partial charge in [0.2, 0.25) is 0 Å². The van der Waals surface area contributed by atoms with E-state index < -0.39 is 23.3 Å². The molecule has 2 aliphatic rings. The fourth-order valence-corrected chi connectivity index (χ4v) is 5.73. The van der Waals surface area contributed by atoms with Crippen molar-refractivity contribution in [3.05, 3.63) is 52.4 Å². The summed E-state index contributed by atoms with van der Waals surface area (Å²) in [5.41, 5.74) is -1.63. The van der Waals surface area contributed by atoms with Crippen LogP contribution in [0.15, 0.2) is 41.3 Å². The molecule has 198 valence electrons. The summed E-state index contributed by atoms with van der Waals surface area (Å²) in [7, 11) is 0. The molecule has 4 N–H and O–H groups in total. The minimum Gasteiger partial charge on any atom is -0.465 e. The fraction of sp³-hybridized carbons (Fsp3) is 0.480. The molecular formula is C25H29F3N6O3. The van der Waals surface area contributed by atoms with E-state index in [1.165, 1.54) is 17.0 Å². The van der Waals surface area contributed by atoms with E-state index in [2.05, 4.69) is 15.6 Å². The van der Waals surface area contributed by atoms with Crippen molar-refractivity contribution in [2.45, 2.75) is 56.3 Å². The van der Waals surface area contributed by atoms with Crippen molar-refractivity contribution < 1.29 is 23.1 Å². The molecule has 2 aliphatic heterocycles. The number of hydrogen-bond acceptors (Lipinski definition) is 5. The number of likely N-dealkylation sites (tertiary alicyclic amines) is 1. The lowest BCUT2D eigenvalue weighted by Crippen LogP contribution is -2.49. The predicted octanol–water partition coefficient (Wildman–Crippen LogP) is 4.49. The fourth-order valence-electron chi connectivity index (χ4n) is 5.73. The molecule has 1 aromatic carbocycles. The molecule has 1 unspecified atom stereocenters. The third-order valence-electron chi connectivity index (χ3n) is 7.96. The first kappa shape index (κ1) is 25.1. The third kappa shape index (κ3) is 4.12. The minimum absolute atomic E-state index is 0.0217. The van der Waals surface area contributed by atoms with Gasteiger partial charge in [-0.3, -0.25) is 14.8 Å². The second kappa shape index (κ2) is 9.09. The number of aromatic amines is 1. The number of H-pyrrole nitrogens is 1. The van der Waals surface area contributed by atoms with Gasteiger partial charge >= 0.3 is 12.3 Å². The van der Waals surface area contributed by atoms with Crippen molar-refractivity contribution in [1.29, 1.82) is 0 Å². The third-order valence-corrected chi connectivity index (χ3v) is 7.96. The summed E-state index contributed by atoms with van der Waals surface area (Å²) in [4.78, 5) is 28.3. The van der Waals surface area contributed by atoms with Gasteiger partial charge in [-0.2, -0.15) is 18.3 Å². The van der Waals surface area contributed by atoms with E-state index in [0.717, 1.165) is 0 Å². The lowest BCUT2D eigenvalue weighted by atomic mass is 9.85. The quantitative estimate of drug-likeness (QED) is 0.396. The summed E-state index contributed by atoms with van der Waals surface area (Å²) in [5.74, 6) is 0.294. The van der Waals surface area contributed by atoms with E-state index in [-0.39, 0.29) is 17.5 Å². The highest BCUT2D eigenvalue weighted by molar-refractivity contribution is 5.91. The van der Waals surface area contributed by atoms with E-state index in [0.29, 0.717) is 67.7 Å². The van der Waals surface area contributed by atoms with Crippen molar-refractivity contribution >= 4 is 28.5 Å². The van der Waals surface area contributed by atoms with Crippen LogP contribution in [-0.2, 0) is 11.1 Å². The second-order valence-electron chi connectivity index (χ2n) is 9.81. The number of amides is 1. The lowest BCUT2D eigenvalue weighted by molar-refractivity contribution is -0.196. The van der Waals surface area contributed by atoms with Crippen LogP contribution in [0.4, 0.5) is 29.5 Å². The number of carboxylic acid groups (broad SMARTS) is 1. The van der Waals surface area contributed by atoms with Crippen LogP contribution in [0.2, 0.25) is 0 Å². The van der Waals surface area contributed by atoms with Gasteiger partial charge in [0.05, 0.1) is 11.1 Å². The lowest BCUT2D eigenvalue weighted by Gasteiger charge is -2.41. The maximum absolute atomic E-state index is 13.9. The Kier molecular flexibility index (Phi) is 6.17. The zero-order chi connectivity index (χ0) is 26.4. The number of halogens is 3. The monoisotopic (exact) mass is 518 g/mol. The van der Waals surface area contributed by atoms with Crippen LogP contribution in [0.5, 0.6) is 0 Å². The number of anilines is 2. The molecule has 0 spiro atoms. The van der Waals surface area contributed by atoms with Crippen molar-refractivity contribution in [3.63, 3.8) is 0 Å². The van der Waals surface area contributed by atoms with Crippen molar-refractivity contribution in [2.75, 3.05) is 25.0 Å². The van der Waals surface area contributed by atoms with Crippen LogP contribution in [0.1, 0.15) is 44.6 Å². The summed E-state index contributed by atoms with van der Waals surface area (Å²) in [6.07, 6.45) is -1.66. The molecule has 2 aromatic heterocycles. The summed E-state index contributed by atoms with van der Waals surface area (Å²) in [6, 6.07) is 7.79. The van der Waals surface area contributed by atoms with E-state index >= 15 is 0 Å². The number of rotatable bonds is 5. The Morgan fingerprint density at radius 2 is 1.86 bits per heavy atom. The molecule has 4 heterocycles. The normalized spacial score (nSPS) is 21.9. The first-order valence-corrected chi connectivity index (χ1v) is 12.4. The molecule has 2 saturated heterocycles. The van der Waals surface area contributed by atoms with Gasteiger partial charge in [0, 0.05) is 25.0 Å². The molecule has 2 fully saturated rings. The van der Waals surface area contributed by atoms with Gasteiger partial charge in [0.1, 0.15) is 10.9 Å². The Morgan fingerprint density at radius 3 is 2.43 bits per heavy atom. The van der Waals surface area contributed by atoms with Gasteiger partial charge in [0.15, 0.2) is 5.82 Å². The molecule has 1 atom stereocenters. The van der Waals surface area contributed by atoms with Gasteiger partial charge in [-0.25, -0.2) is 4.79 Å². The van der Waals surface area contributed by atoms with Gasteiger partial charge in [-0.15, -0.1) is 0 Å². The molecule has 0 saturated carbocycles. The van der Waals surface area contributed by atoms with Crippen LogP contribution in [0, 0.1) is 0 Å². The van der Waals surface area contributed by atoms with Crippen molar-refractivity contribution in [2.24, 2.45) is 0 Å². The standard InChI is InChI=1S/C25H29F3N6O3/c1-2-23(10-14-33(15-11-23)22(36)37)34-18-8-13-29-21(35)19(18)20(32-34)31-17-6-4-16(5-7-17)24(25(26,27)28)9-3-12-30-24/h4-8,13,30H,2-3,9-12,14-15H2,1H3,(H,29,35)(H,31,32)(H,36,37). The average Bonchev–Trinajstić information content (AvgIpc) is 3.52. The molecule has 5 rings (SSSR count). The first-order valence-electron chi connectivity index (χ1n) is 12.4. The Balaban J connectivity index is 1.50. The molecule has 37 heavy (non-hydrogen) atoms. The van der Waals surface area contributed by atoms with Gasteiger partial charge < -0.3 is 20.3 Å². The summed E-state index contributed by atoms with van der Waals surface area (Å²) in [5, 5.41) is 20.2. The van der Waals surface area contributed by atoms with Crippen LogP contribution >= 0.6 is 0 Å². The topological polar surface area (TPSA) is 115 Å². The van der Waals surface area contributed by atoms with E-state index in [1.807, 2.05) is 11.6 Å². The Morgan fingerprint density at radius 1 is 1.16 bits per heavy atom. The molecule has 0 bridgehead atoms. The smallest absolute Gasteiger partial charge is 0.410 e. The number of pyridine rings is 1. The maximum atomic E-state index is 13.9. The zero-order valence-electron chi connectivity index (χ0n) is 20.4. The Hall–Kier alpha value is -3.54. The molecule has 3 aromatic rings. The van der Waals surface area contributed by atoms with E-state index in [1.54, 1.807) is 24.4 Å². The zero-order valence-corrected chi connectivity index (χ0v) is 20.4. The largest absolute Gasteiger partial charge is 0.465 e. The number of hydrogen-bond donors (Lipinski definition) is 4. The van der Waals surface area contributed by atoms with Crippen LogP contribution < -0.4 is 16.2 Å². The summed E-state index contributed by atoms with van der Waals surface area (Å²) < 4.78 is 43.6. The van der Waals surface area contributed by atoms with E-state index in [9.17, 15) is 27.9 Å². The number of aromatic nitrogens is 3. The number of alkyl halides is 3. The Bertz CT molecular complexity index is 1350. The SMILES string of the molecule is CCC1(n2nc(Nc3ccc(C4(C(F)(F)F)CCCN4)cc3)c3c(=O)[nH]ccc32)CCN(C(=O)O)CC1. The van der Waals surface area contributed by atoms with E-state index in [4.69, 9.17) is 5.10 Å². The Labute approximate surface area is 210 Å². The number of nitrogens with zero attached hydrogens (tertiary/aromatic N) is 3. The van der Waals surface area contributed by atoms with Crippen molar-refractivity contribution in [3.8, 4) is 0 Å². The molecule has 1 amide bonds. The van der Waals surface area contributed by atoms with Crippen LogP contribution in [0.25, 0.3) is 10.9 Å². The average molecular weight is 519 g/mol. The number of fused-ring (bicyclic) bond motifs is 1. The molecule has 0 radical (unpaired) electrons. The molecular weight excluding hydrogens is 489 g/mol. The minimum atomic E-state index is -4.43. The number of benzene rings is 1. The number of carbonyl (C=O) groups is 1. The number of piperidine rings is 1. The highest BCUT2D eigenvalue weighted by Gasteiger charge is 2.57. The van der Waals surface area contributed by atoms with Crippen LogP contribution in [-0.4, -0.2) is 56.7 Å². The summed E-state index contributed by atoms with van der Waals surface area (Å²) >= 11 is 0. The van der Waals surface area contributed by atoms with Gasteiger partial charge in [-0.05, 0) is 62.4 Å². The number of nitrogens with one attached hydrogen (secondary N) is 3. The summed E-state index contributed by atoms with van der Waals surface area (Å²) in [6.45, 7) is 3.02. The molecule has 9 nitrogen and oxygen atoms in total. The van der Waals surface area contributed by atoms with Gasteiger partial charge in [-0.1, -0.05) is 19.1 Å². The predicted molar refractivity (Wildman–Crippen MR) is 132 cm³/mol. The van der Waals surface area contributed by atoms with Crippen molar-refractivity contribution in [1.82, 2.24) is 25.0 Å². The molecule has 12 heteroatoms. The van der Waals surface area contributed by atoms with Gasteiger partial charge in [0.25, 0.3) is 5.56 Å². The first-order chi connectivity index (χ1) is 17.6. The second-order valence-corrected chi connectivity index (χ2v) is 9.81. The highest BCUT2D eigenvalue weighted by Crippen LogP contribution is 2.45. The highest BCUT2D eigenvalue weighted by atomic mass is 19.4. The maximum Gasteiger partial charge on any atom is 0.410 e. The van der Waals surface area contributed by atoms with Crippen LogP contribution in [0.3, 0.4) is 0 Å².